The van der Waals surface area contributed by atoms with Gasteiger partial charge in [0.1, 0.15) is 0 Å². The molecule has 0 spiro atoms. The Hall–Kier alpha value is -1.31. The molecule has 0 amide bonds. The molecule has 0 fully saturated rings. The Morgan fingerprint density at radius 2 is 1.94 bits per heavy atom. The molecule has 1 unspecified atom stereocenters. The maximum Gasteiger partial charge on any atom is 0.309 e. The lowest BCUT2D eigenvalue weighted by atomic mass is 9.85. The van der Waals surface area contributed by atoms with E-state index >= 15 is 0 Å². The summed E-state index contributed by atoms with van der Waals surface area (Å²) in [6.07, 6.45) is 3.89. The molecular formula is C16H22O2. The van der Waals surface area contributed by atoms with Gasteiger partial charge in [0.05, 0.1) is 13.5 Å². The monoisotopic (exact) mass is 246 g/mol. The minimum Gasteiger partial charge on any atom is -0.469 e. The van der Waals surface area contributed by atoms with Gasteiger partial charge in [-0.05, 0) is 47.4 Å². The topological polar surface area (TPSA) is 26.3 Å². The molecule has 2 heteroatoms. The number of esters is 1. The molecule has 0 heterocycles. The van der Waals surface area contributed by atoms with Gasteiger partial charge in [-0.1, -0.05) is 32.4 Å². The molecule has 0 N–H and O–H groups in total. The summed E-state index contributed by atoms with van der Waals surface area (Å²) in [6.45, 7) is 6.69. The SMILES string of the molecule is CCC1(C)Cc2cc(C)c(CC(=O)OC)cc2C1. The van der Waals surface area contributed by atoms with Gasteiger partial charge in [-0.2, -0.15) is 0 Å². The summed E-state index contributed by atoms with van der Waals surface area (Å²) >= 11 is 0. The highest BCUT2D eigenvalue weighted by Crippen LogP contribution is 2.40. The third-order valence-corrected chi connectivity index (χ3v) is 4.31. The largest absolute Gasteiger partial charge is 0.469 e. The molecule has 0 bridgehead atoms. The van der Waals surface area contributed by atoms with Crippen LogP contribution in [0.1, 0.15) is 42.5 Å². The third-order valence-electron chi connectivity index (χ3n) is 4.31. The van der Waals surface area contributed by atoms with E-state index in [0.29, 0.717) is 11.8 Å². The zero-order valence-electron chi connectivity index (χ0n) is 11.8. The van der Waals surface area contributed by atoms with Gasteiger partial charge in [-0.15, -0.1) is 0 Å². The van der Waals surface area contributed by atoms with Crippen LogP contribution in [0.2, 0.25) is 0 Å². The Balaban J connectivity index is 2.29. The summed E-state index contributed by atoms with van der Waals surface area (Å²) in [6, 6.07) is 4.47. The first-order chi connectivity index (χ1) is 8.47. The summed E-state index contributed by atoms with van der Waals surface area (Å²) in [5.41, 5.74) is 5.60. The summed E-state index contributed by atoms with van der Waals surface area (Å²) < 4.78 is 4.75. The lowest BCUT2D eigenvalue weighted by Gasteiger charge is -2.20. The second kappa shape index (κ2) is 4.75. The predicted molar refractivity (Wildman–Crippen MR) is 72.7 cm³/mol. The minimum absolute atomic E-state index is 0.158. The van der Waals surface area contributed by atoms with E-state index in [-0.39, 0.29) is 5.97 Å². The molecule has 18 heavy (non-hydrogen) atoms. The van der Waals surface area contributed by atoms with E-state index in [1.165, 1.54) is 30.2 Å². The summed E-state index contributed by atoms with van der Waals surface area (Å²) in [7, 11) is 1.44. The van der Waals surface area contributed by atoms with Crippen molar-refractivity contribution in [2.75, 3.05) is 7.11 Å². The second-order valence-corrected chi connectivity index (χ2v) is 5.82. The molecule has 1 aliphatic carbocycles. The van der Waals surface area contributed by atoms with Gasteiger partial charge < -0.3 is 4.74 Å². The van der Waals surface area contributed by atoms with Crippen LogP contribution >= 0.6 is 0 Å². The van der Waals surface area contributed by atoms with Gasteiger partial charge >= 0.3 is 5.97 Å². The summed E-state index contributed by atoms with van der Waals surface area (Å²) in [4.78, 5) is 11.4. The highest BCUT2D eigenvalue weighted by atomic mass is 16.5. The fourth-order valence-electron chi connectivity index (χ4n) is 2.84. The Morgan fingerprint density at radius 3 is 2.50 bits per heavy atom. The van der Waals surface area contributed by atoms with E-state index in [4.69, 9.17) is 4.74 Å². The third kappa shape index (κ3) is 2.43. The van der Waals surface area contributed by atoms with E-state index in [1.807, 2.05) is 0 Å². The molecule has 2 rings (SSSR count). The average molecular weight is 246 g/mol. The highest BCUT2D eigenvalue weighted by Gasteiger charge is 2.31. The van der Waals surface area contributed by atoms with E-state index in [0.717, 1.165) is 18.4 Å². The Bertz CT molecular complexity index is 476. The zero-order chi connectivity index (χ0) is 13.3. The van der Waals surface area contributed by atoms with Crippen molar-refractivity contribution in [3.8, 4) is 0 Å². The maximum absolute atomic E-state index is 11.4. The molecule has 98 valence electrons. The van der Waals surface area contributed by atoms with Gasteiger partial charge in [-0.3, -0.25) is 4.79 Å². The molecule has 1 aromatic carbocycles. The number of fused-ring (bicyclic) bond motifs is 1. The number of benzene rings is 1. The molecule has 0 radical (unpaired) electrons. The van der Waals surface area contributed by atoms with Crippen molar-refractivity contribution < 1.29 is 9.53 Å². The molecule has 0 aliphatic heterocycles. The van der Waals surface area contributed by atoms with E-state index in [9.17, 15) is 4.79 Å². The first-order valence-electron chi connectivity index (χ1n) is 6.65. The van der Waals surface area contributed by atoms with Gasteiger partial charge in [0, 0.05) is 0 Å². The fourth-order valence-corrected chi connectivity index (χ4v) is 2.84. The lowest BCUT2D eigenvalue weighted by Crippen LogP contribution is -2.14. The van der Waals surface area contributed by atoms with Crippen LogP contribution in [0.25, 0.3) is 0 Å². The number of rotatable bonds is 3. The van der Waals surface area contributed by atoms with Crippen molar-refractivity contribution >= 4 is 5.97 Å². The molecule has 0 saturated carbocycles. The van der Waals surface area contributed by atoms with Crippen LogP contribution in [-0.4, -0.2) is 13.1 Å². The number of hydrogen-bond acceptors (Lipinski definition) is 2. The minimum atomic E-state index is -0.158. The first kappa shape index (κ1) is 13.1. The van der Waals surface area contributed by atoms with E-state index in [2.05, 4.69) is 32.9 Å². The summed E-state index contributed by atoms with van der Waals surface area (Å²) in [5, 5.41) is 0. The normalized spacial score (nSPS) is 21.8. The van der Waals surface area contributed by atoms with Crippen LogP contribution in [0.3, 0.4) is 0 Å². The van der Waals surface area contributed by atoms with Crippen LogP contribution < -0.4 is 0 Å². The van der Waals surface area contributed by atoms with Crippen LogP contribution in [-0.2, 0) is 28.8 Å². The fraction of sp³-hybridized carbons (Fsp3) is 0.562. The number of methoxy groups -OCH3 is 1. The van der Waals surface area contributed by atoms with Crippen LogP contribution in [0.4, 0.5) is 0 Å². The number of carbonyl (C=O) groups is 1. The second-order valence-electron chi connectivity index (χ2n) is 5.82. The molecule has 0 aromatic heterocycles. The number of aryl methyl sites for hydroxylation is 1. The maximum atomic E-state index is 11.4. The standard InChI is InChI=1S/C16H22O2/c1-5-16(3)9-13-6-11(2)12(7-14(13)10-16)8-15(17)18-4/h6-7H,5,8-10H2,1-4H3. The first-order valence-corrected chi connectivity index (χ1v) is 6.65. The van der Waals surface area contributed by atoms with Crippen molar-refractivity contribution in [3.05, 3.63) is 34.4 Å². The molecule has 1 atom stereocenters. The molecular weight excluding hydrogens is 224 g/mol. The Kier molecular flexibility index (Phi) is 3.47. The average Bonchev–Trinajstić information content (AvgIpc) is 2.66. The number of carbonyl (C=O) groups excluding carboxylic acids is 1. The van der Waals surface area contributed by atoms with Crippen LogP contribution in [0, 0.1) is 12.3 Å². The predicted octanol–water partition coefficient (Wildman–Crippen LogP) is 3.23. The molecule has 1 aromatic rings. The number of ether oxygens (including phenoxy) is 1. The number of hydrogen-bond donors (Lipinski definition) is 0. The van der Waals surface area contributed by atoms with Gasteiger partial charge in [0.25, 0.3) is 0 Å². The molecule has 2 nitrogen and oxygen atoms in total. The molecule has 1 aliphatic rings. The Labute approximate surface area is 109 Å². The Morgan fingerprint density at radius 1 is 1.33 bits per heavy atom. The summed E-state index contributed by atoms with van der Waals surface area (Å²) in [5.74, 6) is -0.158. The van der Waals surface area contributed by atoms with Gasteiger partial charge in [0.2, 0.25) is 0 Å². The van der Waals surface area contributed by atoms with Crippen molar-refractivity contribution in [2.24, 2.45) is 5.41 Å². The van der Waals surface area contributed by atoms with E-state index < -0.39 is 0 Å². The van der Waals surface area contributed by atoms with Crippen molar-refractivity contribution in [3.63, 3.8) is 0 Å². The zero-order valence-corrected chi connectivity index (χ0v) is 11.8. The lowest BCUT2D eigenvalue weighted by molar-refractivity contribution is -0.139. The van der Waals surface area contributed by atoms with Gasteiger partial charge in [-0.25, -0.2) is 0 Å². The van der Waals surface area contributed by atoms with Crippen molar-refractivity contribution in [1.82, 2.24) is 0 Å². The van der Waals surface area contributed by atoms with E-state index in [1.54, 1.807) is 0 Å². The van der Waals surface area contributed by atoms with Crippen LogP contribution in [0.15, 0.2) is 12.1 Å². The van der Waals surface area contributed by atoms with Crippen molar-refractivity contribution in [1.29, 1.82) is 0 Å². The smallest absolute Gasteiger partial charge is 0.309 e. The highest BCUT2D eigenvalue weighted by molar-refractivity contribution is 5.73. The van der Waals surface area contributed by atoms with Crippen molar-refractivity contribution in [2.45, 2.75) is 46.5 Å². The quantitative estimate of drug-likeness (QED) is 0.765. The molecule has 0 saturated heterocycles. The van der Waals surface area contributed by atoms with Crippen LogP contribution in [0.5, 0.6) is 0 Å². The van der Waals surface area contributed by atoms with Gasteiger partial charge in [0.15, 0.2) is 0 Å².